The number of aliphatic carboxylic acids is 1. The van der Waals surface area contributed by atoms with Crippen molar-refractivity contribution in [2.24, 2.45) is 0 Å². The molecule has 0 saturated heterocycles. The number of carboxylic acids is 1. The molecule has 0 spiro atoms. The fourth-order valence-corrected chi connectivity index (χ4v) is 3.27. The molecule has 0 rings (SSSR count). The Morgan fingerprint density at radius 3 is 1.81 bits per heavy atom. The van der Waals surface area contributed by atoms with Gasteiger partial charge in [0.2, 0.25) is 0 Å². The lowest BCUT2D eigenvalue weighted by Gasteiger charge is -2.29. The first-order chi connectivity index (χ1) is 14.1. The van der Waals surface area contributed by atoms with Crippen molar-refractivity contribution in [3.8, 4) is 0 Å². The predicted molar refractivity (Wildman–Crippen MR) is 122 cm³/mol. The normalized spacial score (nSPS) is 11.9. The van der Waals surface area contributed by atoms with Gasteiger partial charge in [0.15, 0.2) is 6.54 Å². The number of nitrogens with zero attached hydrogens (tertiary/aromatic N) is 2. The molecule has 0 bridgehead atoms. The highest BCUT2D eigenvalue weighted by Crippen LogP contribution is 2.09. The van der Waals surface area contributed by atoms with Crippen LogP contribution in [0.1, 0.15) is 44.9 Å². The van der Waals surface area contributed by atoms with Gasteiger partial charge in [0, 0.05) is 12.5 Å². The Bertz CT molecular complexity index is 626. The summed E-state index contributed by atoms with van der Waals surface area (Å²) in [6, 6.07) is 0. The third-order valence-electron chi connectivity index (χ3n) is 4.34. The molecule has 2 N–H and O–H groups in total. The molecule has 0 aliphatic heterocycles. The smallest absolute Gasteiger partial charge is 0.359 e. The van der Waals surface area contributed by atoms with Crippen LogP contribution in [0, 0.1) is 0 Å². The lowest BCUT2D eigenvalue weighted by molar-refractivity contribution is -0.890. The summed E-state index contributed by atoms with van der Waals surface area (Å²) in [7, 11) is 5.85. The van der Waals surface area contributed by atoms with E-state index in [1.54, 1.807) is 0 Å². The molecule has 0 atom stereocenters. The van der Waals surface area contributed by atoms with Crippen LogP contribution in [0.15, 0.2) is 12.7 Å². The summed E-state index contributed by atoms with van der Waals surface area (Å²) in [4.78, 5) is 20.8. The summed E-state index contributed by atoms with van der Waals surface area (Å²) in [5.74, 6) is -1.28. The fraction of sp³-hybridized carbons (Fsp3) is 0.810. The number of unbranched alkanes of at least 4 members (excludes halogenated alkanes) is 5. The van der Waals surface area contributed by atoms with E-state index in [2.05, 4.69) is 20.7 Å². The van der Waals surface area contributed by atoms with Gasteiger partial charge >= 0.3 is 11.9 Å². The van der Waals surface area contributed by atoms with Crippen LogP contribution in [0.4, 0.5) is 0 Å². The number of carbonyl (C=O) groups excluding carboxylic acids is 1. The third kappa shape index (κ3) is 28.5. The molecule has 10 heteroatoms. The molecular formula is C21H44N2O7S+2. The standard InChI is InChI=1S/C16H31NO5S.C5H11NO2/c1-4-16(18)22-14-10-8-6-5-7-9-12-17(2,3)13-11-15-23(19,20)21;1-6(2,3)4-5(7)8/h4H,1,5-15H2,2-3H3;4H2,1-3H3/p+2. The minimum atomic E-state index is -3.84. The molecule has 0 aromatic heterocycles. The van der Waals surface area contributed by atoms with E-state index in [1.165, 1.54) is 6.08 Å². The summed E-state index contributed by atoms with van der Waals surface area (Å²) in [6.45, 7) is 5.73. The highest BCUT2D eigenvalue weighted by molar-refractivity contribution is 7.85. The third-order valence-corrected chi connectivity index (χ3v) is 5.15. The molecule has 0 fully saturated rings. The molecule has 0 saturated carbocycles. The number of likely N-dealkylation sites (N-methyl/N-ethyl adjacent to an activating group) is 1. The van der Waals surface area contributed by atoms with E-state index in [-0.39, 0.29) is 18.3 Å². The van der Waals surface area contributed by atoms with Gasteiger partial charge in [-0.2, -0.15) is 8.42 Å². The Morgan fingerprint density at radius 1 is 0.903 bits per heavy atom. The molecular weight excluding hydrogens is 424 g/mol. The molecule has 0 heterocycles. The Labute approximate surface area is 188 Å². The van der Waals surface area contributed by atoms with Crippen LogP contribution in [0.2, 0.25) is 0 Å². The first-order valence-corrected chi connectivity index (χ1v) is 12.3. The molecule has 0 aromatic carbocycles. The van der Waals surface area contributed by atoms with Gasteiger partial charge in [-0.05, 0) is 19.3 Å². The minimum Gasteiger partial charge on any atom is -0.477 e. The van der Waals surface area contributed by atoms with Crippen LogP contribution >= 0.6 is 0 Å². The first-order valence-electron chi connectivity index (χ1n) is 10.7. The SMILES string of the molecule is C=CC(=O)OCCCCCCCC[N+](C)(C)CCCS(=O)(=O)O.C[N+](C)(C)CC(=O)O. The van der Waals surface area contributed by atoms with Crippen molar-refractivity contribution < 1.29 is 41.4 Å². The van der Waals surface area contributed by atoms with Crippen LogP contribution in [0.5, 0.6) is 0 Å². The van der Waals surface area contributed by atoms with Crippen molar-refractivity contribution in [1.29, 1.82) is 0 Å². The van der Waals surface area contributed by atoms with Crippen molar-refractivity contribution >= 4 is 22.1 Å². The molecule has 31 heavy (non-hydrogen) atoms. The minimum absolute atomic E-state index is 0.162. The van der Waals surface area contributed by atoms with E-state index in [0.717, 1.165) is 56.1 Å². The second kappa shape index (κ2) is 16.2. The second-order valence-electron chi connectivity index (χ2n) is 9.36. The molecule has 0 aliphatic rings. The Morgan fingerprint density at radius 2 is 1.39 bits per heavy atom. The number of carboxylic acid groups (broad SMARTS) is 1. The summed E-state index contributed by atoms with van der Waals surface area (Å²) in [5, 5.41) is 8.23. The Kier molecular flexibility index (Phi) is 16.5. The fourth-order valence-electron chi connectivity index (χ4n) is 2.77. The van der Waals surface area contributed by atoms with Crippen LogP contribution in [-0.2, 0) is 24.4 Å². The van der Waals surface area contributed by atoms with Gasteiger partial charge in [-0.3, -0.25) is 4.55 Å². The molecule has 0 radical (unpaired) electrons. The lowest BCUT2D eigenvalue weighted by Crippen LogP contribution is -2.41. The van der Waals surface area contributed by atoms with Crippen molar-refractivity contribution in [3.05, 3.63) is 12.7 Å². The van der Waals surface area contributed by atoms with Gasteiger partial charge in [-0.15, -0.1) is 0 Å². The zero-order valence-electron chi connectivity index (χ0n) is 20.0. The molecule has 0 unspecified atom stereocenters. The van der Waals surface area contributed by atoms with Gasteiger partial charge in [-0.1, -0.05) is 25.8 Å². The van der Waals surface area contributed by atoms with Crippen molar-refractivity contribution in [2.45, 2.75) is 44.9 Å². The number of rotatable bonds is 16. The van der Waals surface area contributed by atoms with E-state index < -0.39 is 16.1 Å². The van der Waals surface area contributed by atoms with Gasteiger partial charge in [0.25, 0.3) is 10.1 Å². The van der Waals surface area contributed by atoms with Crippen LogP contribution in [0.3, 0.4) is 0 Å². The molecule has 0 aromatic rings. The quantitative estimate of drug-likeness (QED) is 0.117. The summed E-state index contributed by atoms with van der Waals surface area (Å²) in [6.07, 6.45) is 8.12. The van der Waals surface area contributed by atoms with E-state index in [0.29, 0.717) is 17.5 Å². The maximum Gasteiger partial charge on any atom is 0.359 e. The maximum atomic E-state index is 10.8. The van der Waals surface area contributed by atoms with Gasteiger partial charge < -0.3 is 18.8 Å². The monoisotopic (exact) mass is 468 g/mol. The summed E-state index contributed by atoms with van der Waals surface area (Å²) < 4.78 is 36.3. The van der Waals surface area contributed by atoms with E-state index >= 15 is 0 Å². The number of carbonyl (C=O) groups is 2. The van der Waals surface area contributed by atoms with Crippen LogP contribution < -0.4 is 0 Å². The van der Waals surface area contributed by atoms with Crippen LogP contribution in [-0.4, -0.2) is 106 Å². The highest BCUT2D eigenvalue weighted by atomic mass is 32.2. The molecule has 184 valence electrons. The maximum absolute atomic E-state index is 10.8. The number of quaternary nitrogens is 2. The van der Waals surface area contributed by atoms with Crippen molar-refractivity contribution in [3.63, 3.8) is 0 Å². The number of esters is 1. The first kappa shape index (κ1) is 31.7. The Balaban J connectivity index is 0. The average molecular weight is 469 g/mol. The van der Waals surface area contributed by atoms with E-state index in [4.69, 9.17) is 14.4 Å². The Hall–Kier alpha value is -1.49. The molecule has 9 nitrogen and oxygen atoms in total. The lowest BCUT2D eigenvalue weighted by atomic mass is 10.1. The topological polar surface area (TPSA) is 118 Å². The van der Waals surface area contributed by atoms with E-state index in [1.807, 2.05) is 21.1 Å². The van der Waals surface area contributed by atoms with E-state index in [9.17, 15) is 18.0 Å². The number of hydrogen-bond donors (Lipinski definition) is 2. The second-order valence-corrected chi connectivity index (χ2v) is 10.9. The number of ether oxygens (including phenoxy) is 1. The van der Waals surface area contributed by atoms with Gasteiger partial charge in [-0.25, -0.2) is 9.59 Å². The van der Waals surface area contributed by atoms with Crippen LogP contribution in [0.25, 0.3) is 0 Å². The number of hydrogen-bond acceptors (Lipinski definition) is 5. The molecule has 0 amide bonds. The highest BCUT2D eigenvalue weighted by Gasteiger charge is 2.16. The summed E-state index contributed by atoms with van der Waals surface area (Å²) >= 11 is 0. The zero-order chi connectivity index (χ0) is 24.6. The average Bonchev–Trinajstić information content (AvgIpc) is 2.56. The largest absolute Gasteiger partial charge is 0.477 e. The van der Waals surface area contributed by atoms with Gasteiger partial charge in [0.1, 0.15) is 0 Å². The van der Waals surface area contributed by atoms with Gasteiger partial charge in [0.05, 0.1) is 60.7 Å². The summed E-state index contributed by atoms with van der Waals surface area (Å²) in [5.41, 5.74) is 0. The molecule has 0 aliphatic carbocycles. The van der Waals surface area contributed by atoms with Crippen molar-refractivity contribution in [2.75, 3.05) is 67.2 Å². The van der Waals surface area contributed by atoms with Crippen molar-refractivity contribution in [1.82, 2.24) is 0 Å². The zero-order valence-corrected chi connectivity index (χ0v) is 20.8. The predicted octanol–water partition coefficient (Wildman–Crippen LogP) is 2.19.